The standard InChI is InChI=1S/C27H29N5O3/c1-20(21-8-4-2-5-9-21)16-23(33)30-14-12-27(35,13-15-30)17-31-18-29-25-24(26(31)34)28-19-32(25)22-10-6-3-7-11-22/h2-11,18-20,35H,12-17H2,1H3/t20-/m1/s1. The van der Waals surface area contributed by atoms with Crippen LogP contribution in [0, 0.1) is 0 Å². The number of carbonyl (C=O) groups excluding carboxylic acids is 1. The number of nitrogens with zero attached hydrogens (tertiary/aromatic N) is 5. The Balaban J connectivity index is 1.25. The third-order valence-electron chi connectivity index (χ3n) is 6.92. The van der Waals surface area contributed by atoms with Crippen molar-refractivity contribution in [3.63, 3.8) is 0 Å². The van der Waals surface area contributed by atoms with Crippen molar-refractivity contribution in [2.75, 3.05) is 13.1 Å². The van der Waals surface area contributed by atoms with Crippen LogP contribution in [0.3, 0.4) is 0 Å². The first-order valence-corrected chi connectivity index (χ1v) is 12.0. The molecule has 1 N–H and O–H groups in total. The van der Waals surface area contributed by atoms with Crippen LogP contribution in [0.1, 0.15) is 37.7 Å². The average Bonchev–Trinajstić information content (AvgIpc) is 3.32. The van der Waals surface area contributed by atoms with Crippen LogP contribution in [-0.2, 0) is 11.3 Å². The molecule has 8 heteroatoms. The van der Waals surface area contributed by atoms with Gasteiger partial charge < -0.3 is 10.0 Å². The number of hydrogen-bond donors (Lipinski definition) is 1. The molecule has 1 aliphatic rings. The van der Waals surface area contributed by atoms with E-state index in [0.29, 0.717) is 38.0 Å². The second kappa shape index (κ2) is 9.46. The number of likely N-dealkylation sites (tertiary alicyclic amines) is 1. The highest BCUT2D eigenvalue weighted by molar-refractivity contribution is 5.77. The number of aromatic nitrogens is 4. The maximum absolute atomic E-state index is 13.1. The summed E-state index contributed by atoms with van der Waals surface area (Å²) in [5.41, 5.74) is 1.40. The van der Waals surface area contributed by atoms with Gasteiger partial charge in [0.2, 0.25) is 5.91 Å². The van der Waals surface area contributed by atoms with Crippen LogP contribution in [0.15, 0.2) is 78.1 Å². The number of imidazole rings is 1. The van der Waals surface area contributed by atoms with Crippen molar-refractivity contribution in [2.45, 2.75) is 44.2 Å². The van der Waals surface area contributed by atoms with Crippen molar-refractivity contribution in [1.82, 2.24) is 24.0 Å². The number of carbonyl (C=O) groups is 1. The Hall–Kier alpha value is -3.78. The molecular weight excluding hydrogens is 442 g/mol. The van der Waals surface area contributed by atoms with Gasteiger partial charge >= 0.3 is 0 Å². The average molecular weight is 472 g/mol. The molecule has 0 saturated carbocycles. The molecule has 1 fully saturated rings. The zero-order chi connectivity index (χ0) is 24.4. The van der Waals surface area contributed by atoms with Crippen LogP contribution < -0.4 is 5.56 Å². The second-order valence-electron chi connectivity index (χ2n) is 9.42. The van der Waals surface area contributed by atoms with Crippen molar-refractivity contribution < 1.29 is 9.90 Å². The number of aliphatic hydroxyl groups is 1. The monoisotopic (exact) mass is 471 g/mol. The fourth-order valence-corrected chi connectivity index (χ4v) is 4.76. The minimum atomic E-state index is -1.08. The highest BCUT2D eigenvalue weighted by atomic mass is 16.3. The molecule has 4 aromatic rings. The van der Waals surface area contributed by atoms with Gasteiger partial charge in [-0.2, -0.15) is 0 Å². The lowest BCUT2D eigenvalue weighted by Gasteiger charge is -2.38. The smallest absolute Gasteiger partial charge is 0.281 e. The molecule has 2 aromatic carbocycles. The first-order chi connectivity index (χ1) is 16.9. The van der Waals surface area contributed by atoms with E-state index < -0.39 is 5.60 Å². The lowest BCUT2D eigenvalue weighted by Crippen LogP contribution is -2.49. The first-order valence-electron chi connectivity index (χ1n) is 12.0. The summed E-state index contributed by atoms with van der Waals surface area (Å²) in [7, 11) is 0. The summed E-state index contributed by atoms with van der Waals surface area (Å²) in [5.74, 6) is 0.228. The topological polar surface area (TPSA) is 93.2 Å². The van der Waals surface area contributed by atoms with Crippen molar-refractivity contribution in [3.8, 4) is 5.69 Å². The van der Waals surface area contributed by atoms with E-state index in [1.807, 2.05) is 65.6 Å². The Bertz CT molecular complexity index is 1370. The number of fused-ring (bicyclic) bond motifs is 1. The molecule has 1 aliphatic heterocycles. The Morgan fingerprint density at radius 2 is 1.66 bits per heavy atom. The van der Waals surface area contributed by atoms with Gasteiger partial charge in [0, 0.05) is 25.2 Å². The Morgan fingerprint density at radius 1 is 1.00 bits per heavy atom. The largest absolute Gasteiger partial charge is 0.388 e. The van der Waals surface area contributed by atoms with Crippen molar-refractivity contribution in [1.29, 1.82) is 0 Å². The number of benzene rings is 2. The van der Waals surface area contributed by atoms with E-state index >= 15 is 0 Å². The van der Waals surface area contributed by atoms with Gasteiger partial charge in [0.15, 0.2) is 11.2 Å². The molecule has 180 valence electrons. The van der Waals surface area contributed by atoms with Crippen molar-refractivity contribution >= 4 is 17.1 Å². The summed E-state index contributed by atoms with van der Waals surface area (Å²) in [6.45, 7) is 3.10. The number of piperidine rings is 1. The molecule has 2 aromatic heterocycles. The predicted octanol–water partition coefficient (Wildman–Crippen LogP) is 3.13. The van der Waals surface area contributed by atoms with E-state index in [4.69, 9.17) is 0 Å². The van der Waals surface area contributed by atoms with Gasteiger partial charge in [0.1, 0.15) is 12.7 Å². The van der Waals surface area contributed by atoms with E-state index in [1.54, 1.807) is 10.9 Å². The second-order valence-corrected chi connectivity index (χ2v) is 9.42. The number of rotatable bonds is 6. The van der Waals surface area contributed by atoms with Gasteiger partial charge in [-0.15, -0.1) is 0 Å². The fraction of sp³-hybridized carbons (Fsp3) is 0.333. The molecule has 8 nitrogen and oxygen atoms in total. The number of para-hydroxylation sites is 1. The highest BCUT2D eigenvalue weighted by Crippen LogP contribution is 2.26. The number of amides is 1. The Labute approximate surface area is 203 Å². The van der Waals surface area contributed by atoms with Crippen LogP contribution >= 0.6 is 0 Å². The molecule has 35 heavy (non-hydrogen) atoms. The van der Waals surface area contributed by atoms with Crippen LogP contribution in [0.4, 0.5) is 0 Å². The van der Waals surface area contributed by atoms with E-state index in [9.17, 15) is 14.7 Å². The van der Waals surface area contributed by atoms with Crippen molar-refractivity contribution in [2.24, 2.45) is 0 Å². The van der Waals surface area contributed by atoms with Gasteiger partial charge in [-0.1, -0.05) is 55.5 Å². The quantitative estimate of drug-likeness (QED) is 0.466. The minimum absolute atomic E-state index is 0.0927. The van der Waals surface area contributed by atoms with E-state index in [1.165, 1.54) is 10.9 Å². The summed E-state index contributed by atoms with van der Waals surface area (Å²) < 4.78 is 3.20. The molecular formula is C27H29N5O3. The predicted molar refractivity (Wildman–Crippen MR) is 133 cm³/mol. The molecule has 3 heterocycles. The van der Waals surface area contributed by atoms with E-state index in [-0.39, 0.29) is 29.4 Å². The normalized spacial score (nSPS) is 16.3. The summed E-state index contributed by atoms with van der Waals surface area (Å²) in [6, 6.07) is 19.6. The lowest BCUT2D eigenvalue weighted by atomic mass is 9.90. The van der Waals surface area contributed by atoms with Crippen LogP contribution in [0.25, 0.3) is 16.9 Å². The maximum atomic E-state index is 13.1. The van der Waals surface area contributed by atoms with Crippen molar-refractivity contribution in [3.05, 3.63) is 89.2 Å². The van der Waals surface area contributed by atoms with Gasteiger partial charge in [-0.25, -0.2) is 9.97 Å². The zero-order valence-corrected chi connectivity index (χ0v) is 19.7. The first kappa shape index (κ1) is 23.0. The molecule has 1 atom stereocenters. The van der Waals surface area contributed by atoms with E-state index in [0.717, 1.165) is 11.3 Å². The number of hydrogen-bond acceptors (Lipinski definition) is 5. The van der Waals surface area contributed by atoms with Crippen LogP contribution in [0.2, 0.25) is 0 Å². The zero-order valence-electron chi connectivity index (χ0n) is 19.7. The van der Waals surface area contributed by atoms with E-state index in [2.05, 4.69) is 16.9 Å². The Morgan fingerprint density at radius 3 is 2.34 bits per heavy atom. The minimum Gasteiger partial charge on any atom is -0.388 e. The van der Waals surface area contributed by atoms with Gasteiger partial charge in [-0.05, 0) is 36.5 Å². The molecule has 0 spiro atoms. The van der Waals surface area contributed by atoms with Gasteiger partial charge in [0.25, 0.3) is 5.56 Å². The van der Waals surface area contributed by atoms with Gasteiger partial charge in [0.05, 0.1) is 12.1 Å². The molecule has 0 bridgehead atoms. The molecule has 1 saturated heterocycles. The molecule has 0 aliphatic carbocycles. The molecule has 0 radical (unpaired) electrons. The van der Waals surface area contributed by atoms with Crippen LogP contribution in [0.5, 0.6) is 0 Å². The third-order valence-corrected chi connectivity index (χ3v) is 6.92. The molecule has 1 amide bonds. The summed E-state index contributed by atoms with van der Waals surface area (Å²) in [4.78, 5) is 36.5. The molecule has 0 unspecified atom stereocenters. The summed E-state index contributed by atoms with van der Waals surface area (Å²) in [6.07, 6.45) is 4.31. The fourth-order valence-electron chi connectivity index (χ4n) is 4.76. The molecule has 5 rings (SSSR count). The summed E-state index contributed by atoms with van der Waals surface area (Å²) >= 11 is 0. The third kappa shape index (κ3) is 4.74. The highest BCUT2D eigenvalue weighted by Gasteiger charge is 2.35. The summed E-state index contributed by atoms with van der Waals surface area (Å²) in [5, 5.41) is 11.2. The van der Waals surface area contributed by atoms with Gasteiger partial charge in [-0.3, -0.25) is 18.7 Å². The SMILES string of the molecule is C[C@H](CC(=O)N1CCC(O)(Cn2cnc3c(ncn3-c3ccccc3)c2=O)CC1)c1ccccc1. The lowest BCUT2D eigenvalue weighted by molar-refractivity contribution is -0.136. The Kier molecular flexibility index (Phi) is 6.21. The van der Waals surface area contributed by atoms with Crippen LogP contribution in [-0.4, -0.2) is 53.7 Å². The maximum Gasteiger partial charge on any atom is 0.281 e.